The third-order valence-electron chi connectivity index (χ3n) is 4.92. The van der Waals surface area contributed by atoms with E-state index >= 15 is 0 Å². The highest BCUT2D eigenvalue weighted by Gasteiger charge is 2.61. The second kappa shape index (κ2) is 5.07. The molecule has 120 valence electrons. The van der Waals surface area contributed by atoms with E-state index in [1.807, 2.05) is 36.4 Å². The van der Waals surface area contributed by atoms with E-state index in [0.717, 1.165) is 11.1 Å². The van der Waals surface area contributed by atoms with E-state index in [1.54, 1.807) is 0 Å². The van der Waals surface area contributed by atoms with Crippen molar-refractivity contribution in [2.75, 3.05) is 0 Å². The second-order valence-electron chi connectivity index (χ2n) is 8.33. The summed E-state index contributed by atoms with van der Waals surface area (Å²) in [6.45, 7) is 12.4. The van der Waals surface area contributed by atoms with Crippen molar-refractivity contribution in [3.8, 4) is 0 Å². The molecule has 0 aliphatic heterocycles. The lowest BCUT2D eigenvalue weighted by Gasteiger charge is -2.58. The van der Waals surface area contributed by atoms with Crippen LogP contribution in [0.4, 0.5) is 0 Å². The monoisotopic (exact) mass is 300 g/mol. The van der Waals surface area contributed by atoms with Gasteiger partial charge in [0.05, 0.1) is 5.41 Å². The van der Waals surface area contributed by atoms with Gasteiger partial charge >= 0.3 is 0 Å². The molecule has 1 aromatic rings. The SMILES string of the molecule is CC(C)(C)C1(C(C)(C)C)C=C(c2ccccc2)C=CC1(O)O. The smallest absolute Gasteiger partial charge is 0.193 e. The lowest BCUT2D eigenvalue weighted by molar-refractivity contribution is -0.255. The molecule has 22 heavy (non-hydrogen) atoms. The lowest BCUT2D eigenvalue weighted by atomic mass is 9.48. The summed E-state index contributed by atoms with van der Waals surface area (Å²) in [6.07, 6.45) is 5.40. The number of benzene rings is 1. The van der Waals surface area contributed by atoms with Crippen LogP contribution in [0.15, 0.2) is 48.6 Å². The van der Waals surface area contributed by atoms with Crippen LogP contribution in [-0.2, 0) is 0 Å². The predicted octanol–water partition coefficient (Wildman–Crippen LogP) is 4.40. The first-order valence-corrected chi connectivity index (χ1v) is 7.85. The molecule has 0 saturated heterocycles. The van der Waals surface area contributed by atoms with Crippen LogP contribution in [-0.4, -0.2) is 16.0 Å². The molecule has 2 heteroatoms. The molecule has 1 aromatic carbocycles. The van der Waals surface area contributed by atoms with Gasteiger partial charge in [-0.25, -0.2) is 0 Å². The largest absolute Gasteiger partial charge is 0.362 e. The van der Waals surface area contributed by atoms with Crippen LogP contribution in [0.1, 0.15) is 47.1 Å². The Balaban J connectivity index is 2.73. The Labute approximate surface area is 134 Å². The van der Waals surface area contributed by atoms with Crippen molar-refractivity contribution in [1.29, 1.82) is 0 Å². The van der Waals surface area contributed by atoms with Gasteiger partial charge < -0.3 is 10.2 Å². The van der Waals surface area contributed by atoms with E-state index in [9.17, 15) is 10.2 Å². The van der Waals surface area contributed by atoms with Crippen molar-refractivity contribution < 1.29 is 10.2 Å². The molecule has 0 heterocycles. The Morgan fingerprint density at radius 1 is 0.818 bits per heavy atom. The summed E-state index contributed by atoms with van der Waals surface area (Å²) < 4.78 is 0. The summed E-state index contributed by atoms with van der Waals surface area (Å²) in [7, 11) is 0. The summed E-state index contributed by atoms with van der Waals surface area (Å²) in [5, 5.41) is 21.7. The van der Waals surface area contributed by atoms with Gasteiger partial charge in [-0.1, -0.05) is 84.0 Å². The fourth-order valence-corrected chi connectivity index (χ4v) is 4.20. The summed E-state index contributed by atoms with van der Waals surface area (Å²) >= 11 is 0. The normalized spacial score (nSPS) is 20.6. The molecule has 0 unspecified atom stereocenters. The third kappa shape index (κ3) is 2.45. The standard InChI is InChI=1S/C20H28O2/c1-17(2,3)19(18(4,5)6)14-16(12-13-20(19,21)22)15-10-8-7-9-11-15/h7-14,21-22H,1-6H3. The van der Waals surface area contributed by atoms with Crippen LogP contribution in [0, 0.1) is 16.2 Å². The molecule has 0 amide bonds. The van der Waals surface area contributed by atoms with Gasteiger partial charge in [-0.15, -0.1) is 0 Å². The highest BCUT2D eigenvalue weighted by Crippen LogP contribution is 2.60. The molecule has 1 aliphatic rings. The Hall–Kier alpha value is -1.38. The Bertz CT molecular complexity index is 579. The molecule has 0 spiro atoms. The van der Waals surface area contributed by atoms with Crippen molar-refractivity contribution in [3.63, 3.8) is 0 Å². The van der Waals surface area contributed by atoms with Crippen molar-refractivity contribution in [1.82, 2.24) is 0 Å². The minimum Gasteiger partial charge on any atom is -0.362 e. The summed E-state index contributed by atoms with van der Waals surface area (Å²) in [6, 6.07) is 10.1. The zero-order chi connectivity index (χ0) is 16.8. The average molecular weight is 300 g/mol. The molecule has 0 saturated carbocycles. The van der Waals surface area contributed by atoms with E-state index in [4.69, 9.17) is 0 Å². The highest BCUT2D eigenvalue weighted by molar-refractivity contribution is 5.76. The van der Waals surface area contributed by atoms with Crippen LogP contribution in [0.3, 0.4) is 0 Å². The molecule has 2 nitrogen and oxygen atoms in total. The van der Waals surface area contributed by atoms with Crippen LogP contribution in [0.25, 0.3) is 5.57 Å². The second-order valence-corrected chi connectivity index (χ2v) is 8.33. The molecular weight excluding hydrogens is 272 g/mol. The number of hydrogen-bond donors (Lipinski definition) is 2. The summed E-state index contributed by atoms with van der Waals surface area (Å²) in [5.74, 6) is -1.89. The van der Waals surface area contributed by atoms with Crippen molar-refractivity contribution in [3.05, 3.63) is 54.1 Å². The van der Waals surface area contributed by atoms with Crippen LogP contribution >= 0.6 is 0 Å². The Kier molecular flexibility index (Phi) is 3.92. The minimum atomic E-state index is -1.89. The predicted molar refractivity (Wildman–Crippen MR) is 92.1 cm³/mol. The molecular formula is C20H28O2. The first-order valence-electron chi connectivity index (χ1n) is 7.85. The highest BCUT2D eigenvalue weighted by atomic mass is 16.5. The molecule has 1 aliphatic carbocycles. The van der Waals surface area contributed by atoms with Gasteiger partial charge in [-0.05, 0) is 28.0 Å². The molecule has 0 radical (unpaired) electrons. The number of rotatable bonds is 1. The quantitative estimate of drug-likeness (QED) is 0.755. The summed E-state index contributed by atoms with van der Waals surface area (Å²) in [4.78, 5) is 0. The van der Waals surface area contributed by atoms with Gasteiger partial charge in [-0.3, -0.25) is 0 Å². The number of allylic oxidation sites excluding steroid dienone is 2. The Morgan fingerprint density at radius 2 is 1.32 bits per heavy atom. The zero-order valence-corrected chi connectivity index (χ0v) is 14.5. The van der Waals surface area contributed by atoms with E-state index < -0.39 is 11.2 Å². The lowest BCUT2D eigenvalue weighted by Crippen LogP contribution is -2.61. The van der Waals surface area contributed by atoms with E-state index in [0.29, 0.717) is 0 Å². The minimum absolute atomic E-state index is 0.334. The maximum absolute atomic E-state index is 10.8. The van der Waals surface area contributed by atoms with Gasteiger partial charge in [0, 0.05) is 0 Å². The fraction of sp³-hybridized carbons (Fsp3) is 0.500. The zero-order valence-electron chi connectivity index (χ0n) is 14.5. The van der Waals surface area contributed by atoms with Crippen molar-refractivity contribution in [2.24, 2.45) is 16.2 Å². The third-order valence-corrected chi connectivity index (χ3v) is 4.92. The first-order chi connectivity index (χ1) is 9.92. The van der Waals surface area contributed by atoms with Crippen molar-refractivity contribution in [2.45, 2.75) is 47.3 Å². The Morgan fingerprint density at radius 3 is 1.77 bits per heavy atom. The van der Waals surface area contributed by atoms with Gasteiger partial charge in [0.1, 0.15) is 0 Å². The van der Waals surface area contributed by atoms with Gasteiger partial charge in [0.2, 0.25) is 0 Å². The van der Waals surface area contributed by atoms with E-state index in [-0.39, 0.29) is 10.8 Å². The van der Waals surface area contributed by atoms with Gasteiger partial charge in [-0.2, -0.15) is 0 Å². The molecule has 2 rings (SSSR count). The van der Waals surface area contributed by atoms with Gasteiger partial charge in [0.15, 0.2) is 5.79 Å². The summed E-state index contributed by atoms with van der Waals surface area (Å²) in [5.41, 5.74) is 0.641. The molecule has 2 N–H and O–H groups in total. The van der Waals surface area contributed by atoms with E-state index in [2.05, 4.69) is 47.6 Å². The topological polar surface area (TPSA) is 40.5 Å². The molecule has 0 atom stereocenters. The van der Waals surface area contributed by atoms with Crippen molar-refractivity contribution >= 4 is 5.57 Å². The number of hydrogen-bond acceptors (Lipinski definition) is 2. The maximum atomic E-state index is 10.8. The molecule has 0 fully saturated rings. The average Bonchev–Trinajstić information content (AvgIpc) is 2.36. The van der Waals surface area contributed by atoms with Crippen LogP contribution in [0.5, 0.6) is 0 Å². The molecule has 0 bridgehead atoms. The van der Waals surface area contributed by atoms with Crippen LogP contribution in [0.2, 0.25) is 0 Å². The first kappa shape index (κ1) is 17.0. The van der Waals surface area contributed by atoms with Crippen LogP contribution < -0.4 is 0 Å². The maximum Gasteiger partial charge on any atom is 0.193 e. The molecule has 0 aromatic heterocycles. The number of aliphatic hydroxyl groups is 2. The fourth-order valence-electron chi connectivity index (χ4n) is 4.20. The van der Waals surface area contributed by atoms with Gasteiger partial charge in [0.25, 0.3) is 0 Å². The van der Waals surface area contributed by atoms with E-state index in [1.165, 1.54) is 6.08 Å².